The summed E-state index contributed by atoms with van der Waals surface area (Å²) in [6.45, 7) is 1.96. The van der Waals surface area contributed by atoms with Crippen LogP contribution in [-0.2, 0) is 0 Å². The van der Waals surface area contributed by atoms with Crippen molar-refractivity contribution in [3.8, 4) is 16.9 Å². The summed E-state index contributed by atoms with van der Waals surface area (Å²) in [6, 6.07) is 7.67. The van der Waals surface area contributed by atoms with Crippen molar-refractivity contribution in [3.63, 3.8) is 0 Å². The van der Waals surface area contributed by atoms with E-state index in [0.717, 1.165) is 21.3 Å². The van der Waals surface area contributed by atoms with E-state index >= 15 is 0 Å². The number of benzene rings is 1. The first kappa shape index (κ1) is 14.0. The number of halogens is 1. The normalized spacial score (nSPS) is 10.8. The van der Waals surface area contributed by atoms with E-state index in [-0.39, 0.29) is 5.56 Å². The van der Waals surface area contributed by atoms with E-state index < -0.39 is 5.97 Å². The van der Waals surface area contributed by atoms with Crippen LogP contribution in [0, 0.1) is 6.92 Å². The topological polar surface area (TPSA) is 55.1 Å². The predicted octanol–water partition coefficient (Wildman–Crippen LogP) is 4.37. The van der Waals surface area contributed by atoms with E-state index in [1.54, 1.807) is 10.9 Å². The molecule has 0 atom stereocenters. The minimum atomic E-state index is -0.975. The van der Waals surface area contributed by atoms with Gasteiger partial charge in [0.15, 0.2) is 0 Å². The summed E-state index contributed by atoms with van der Waals surface area (Å²) in [7, 11) is 0. The molecule has 1 aromatic carbocycles. The molecule has 0 radical (unpaired) electrons. The molecule has 0 aliphatic rings. The van der Waals surface area contributed by atoms with E-state index in [9.17, 15) is 9.90 Å². The Morgan fingerprint density at radius 2 is 2.19 bits per heavy atom. The van der Waals surface area contributed by atoms with Crippen LogP contribution in [-0.4, -0.2) is 20.9 Å². The maximum Gasteiger partial charge on any atom is 0.339 e. The van der Waals surface area contributed by atoms with Gasteiger partial charge in [0.25, 0.3) is 0 Å². The molecular weight excluding hydrogens is 352 g/mol. The first-order chi connectivity index (χ1) is 10.1. The van der Waals surface area contributed by atoms with Crippen LogP contribution in [0.3, 0.4) is 0 Å². The Morgan fingerprint density at radius 3 is 2.81 bits per heavy atom. The molecule has 0 amide bonds. The maximum absolute atomic E-state index is 11.4. The summed E-state index contributed by atoms with van der Waals surface area (Å²) in [5, 5.41) is 17.6. The van der Waals surface area contributed by atoms with Gasteiger partial charge in [0, 0.05) is 21.6 Å². The minimum Gasteiger partial charge on any atom is -0.478 e. The third kappa shape index (κ3) is 2.64. The predicted molar refractivity (Wildman–Crippen MR) is 86.3 cm³/mol. The standard InChI is InChI=1S/C15H11BrN2O2S/c1-9-6-11(16)2-3-13(9)18-7-12(15(19)20)14(17-18)10-4-5-21-8-10/h2-8H,1H3,(H,19,20). The van der Waals surface area contributed by atoms with Crippen LogP contribution < -0.4 is 0 Å². The number of carboxylic acid groups (broad SMARTS) is 1. The molecule has 6 heteroatoms. The smallest absolute Gasteiger partial charge is 0.339 e. The summed E-state index contributed by atoms with van der Waals surface area (Å²) >= 11 is 4.94. The molecule has 0 fully saturated rings. The van der Waals surface area contributed by atoms with Gasteiger partial charge >= 0.3 is 5.97 Å². The lowest BCUT2D eigenvalue weighted by atomic mass is 10.1. The molecule has 0 aliphatic carbocycles. The summed E-state index contributed by atoms with van der Waals surface area (Å²) in [6.07, 6.45) is 1.56. The monoisotopic (exact) mass is 362 g/mol. The highest BCUT2D eigenvalue weighted by Gasteiger charge is 2.18. The van der Waals surface area contributed by atoms with Gasteiger partial charge in [-0.2, -0.15) is 16.4 Å². The van der Waals surface area contributed by atoms with Gasteiger partial charge in [0.1, 0.15) is 11.3 Å². The first-order valence-electron chi connectivity index (χ1n) is 6.18. The molecule has 3 aromatic rings. The number of hydrogen-bond donors (Lipinski definition) is 1. The van der Waals surface area contributed by atoms with Gasteiger partial charge < -0.3 is 5.11 Å². The summed E-state index contributed by atoms with van der Waals surface area (Å²) < 4.78 is 2.60. The molecule has 21 heavy (non-hydrogen) atoms. The SMILES string of the molecule is Cc1cc(Br)ccc1-n1cc(C(=O)O)c(-c2ccsc2)n1. The van der Waals surface area contributed by atoms with E-state index in [0.29, 0.717) is 5.69 Å². The molecule has 0 saturated carbocycles. The molecule has 0 bridgehead atoms. The molecular formula is C15H11BrN2O2S. The number of aromatic carboxylic acids is 1. The zero-order valence-electron chi connectivity index (χ0n) is 11.1. The van der Waals surface area contributed by atoms with Gasteiger partial charge in [0.2, 0.25) is 0 Å². The molecule has 4 nitrogen and oxygen atoms in total. The number of aryl methyl sites for hydroxylation is 1. The van der Waals surface area contributed by atoms with Crippen LogP contribution in [0.15, 0.2) is 45.7 Å². The Morgan fingerprint density at radius 1 is 1.38 bits per heavy atom. The lowest BCUT2D eigenvalue weighted by Crippen LogP contribution is -1.98. The number of aromatic nitrogens is 2. The number of carboxylic acids is 1. The molecule has 0 spiro atoms. The highest BCUT2D eigenvalue weighted by atomic mass is 79.9. The Kier molecular flexibility index (Phi) is 3.65. The Hall–Kier alpha value is -1.92. The Labute approximate surface area is 133 Å². The number of thiophene rings is 1. The van der Waals surface area contributed by atoms with Crippen LogP contribution in [0.4, 0.5) is 0 Å². The van der Waals surface area contributed by atoms with Gasteiger partial charge in [-0.3, -0.25) is 0 Å². The van der Waals surface area contributed by atoms with Gasteiger partial charge in [-0.1, -0.05) is 15.9 Å². The van der Waals surface area contributed by atoms with Crippen molar-refractivity contribution in [2.75, 3.05) is 0 Å². The molecule has 2 heterocycles. The quantitative estimate of drug-likeness (QED) is 0.752. The van der Waals surface area contributed by atoms with Crippen molar-refractivity contribution in [1.82, 2.24) is 9.78 Å². The molecule has 0 saturated heterocycles. The van der Waals surface area contributed by atoms with Gasteiger partial charge in [-0.15, -0.1) is 0 Å². The van der Waals surface area contributed by atoms with Gasteiger partial charge in [0.05, 0.1) is 5.69 Å². The van der Waals surface area contributed by atoms with E-state index in [1.807, 2.05) is 41.9 Å². The van der Waals surface area contributed by atoms with Crippen LogP contribution >= 0.6 is 27.3 Å². The van der Waals surface area contributed by atoms with E-state index in [2.05, 4.69) is 21.0 Å². The van der Waals surface area contributed by atoms with Crippen molar-refractivity contribution >= 4 is 33.2 Å². The molecule has 106 valence electrons. The average Bonchev–Trinajstić information content (AvgIpc) is 3.07. The van der Waals surface area contributed by atoms with Gasteiger partial charge in [-0.05, 0) is 42.1 Å². The van der Waals surface area contributed by atoms with Crippen LogP contribution in [0.5, 0.6) is 0 Å². The minimum absolute atomic E-state index is 0.204. The van der Waals surface area contributed by atoms with Gasteiger partial charge in [-0.25, -0.2) is 9.48 Å². The van der Waals surface area contributed by atoms with Crippen LogP contribution in [0.1, 0.15) is 15.9 Å². The molecule has 2 aromatic heterocycles. The molecule has 3 rings (SSSR count). The third-order valence-corrected chi connectivity index (χ3v) is 4.32. The van der Waals surface area contributed by atoms with Crippen LogP contribution in [0.2, 0.25) is 0 Å². The summed E-state index contributed by atoms with van der Waals surface area (Å²) in [5.74, 6) is -0.975. The van der Waals surface area contributed by atoms with Crippen molar-refractivity contribution in [1.29, 1.82) is 0 Å². The molecule has 1 N–H and O–H groups in total. The average molecular weight is 363 g/mol. The lowest BCUT2D eigenvalue weighted by Gasteiger charge is -2.05. The fourth-order valence-electron chi connectivity index (χ4n) is 2.14. The second-order valence-electron chi connectivity index (χ2n) is 4.58. The second-order valence-corrected chi connectivity index (χ2v) is 6.28. The number of rotatable bonds is 3. The molecule has 0 unspecified atom stereocenters. The Bertz CT molecular complexity index is 809. The number of nitrogens with zero attached hydrogens (tertiary/aromatic N) is 2. The number of hydrogen-bond acceptors (Lipinski definition) is 3. The third-order valence-electron chi connectivity index (χ3n) is 3.14. The van der Waals surface area contributed by atoms with Crippen LogP contribution in [0.25, 0.3) is 16.9 Å². The maximum atomic E-state index is 11.4. The molecule has 0 aliphatic heterocycles. The lowest BCUT2D eigenvalue weighted by molar-refractivity contribution is 0.0697. The zero-order chi connectivity index (χ0) is 15.0. The fraction of sp³-hybridized carbons (Fsp3) is 0.0667. The largest absolute Gasteiger partial charge is 0.478 e. The Balaban J connectivity index is 2.17. The summed E-state index contributed by atoms with van der Waals surface area (Å²) in [5.41, 5.74) is 3.40. The second kappa shape index (κ2) is 5.46. The fourth-order valence-corrected chi connectivity index (χ4v) is 3.26. The highest BCUT2D eigenvalue weighted by Crippen LogP contribution is 2.27. The highest BCUT2D eigenvalue weighted by molar-refractivity contribution is 9.10. The van der Waals surface area contributed by atoms with E-state index in [1.165, 1.54) is 11.3 Å². The van der Waals surface area contributed by atoms with Crippen molar-refractivity contribution in [3.05, 3.63) is 56.8 Å². The zero-order valence-corrected chi connectivity index (χ0v) is 13.5. The van der Waals surface area contributed by atoms with Crippen molar-refractivity contribution in [2.45, 2.75) is 6.92 Å². The van der Waals surface area contributed by atoms with Crippen molar-refractivity contribution < 1.29 is 9.90 Å². The number of carbonyl (C=O) groups is 1. The van der Waals surface area contributed by atoms with E-state index in [4.69, 9.17) is 0 Å². The van der Waals surface area contributed by atoms with Crippen molar-refractivity contribution in [2.24, 2.45) is 0 Å². The summed E-state index contributed by atoms with van der Waals surface area (Å²) in [4.78, 5) is 11.4. The first-order valence-corrected chi connectivity index (χ1v) is 7.92.